The Bertz CT molecular complexity index is 835. The van der Waals surface area contributed by atoms with Gasteiger partial charge < -0.3 is 10.6 Å². The molecule has 25 heavy (non-hydrogen) atoms. The summed E-state index contributed by atoms with van der Waals surface area (Å²) in [4.78, 5) is 25.1. The Morgan fingerprint density at radius 1 is 0.960 bits per heavy atom. The van der Waals surface area contributed by atoms with Gasteiger partial charge in [-0.2, -0.15) is 0 Å². The monoisotopic (exact) mass is 396 g/mol. The number of hydrogen-bond donors (Lipinski definition) is 2. The molecule has 0 bridgehead atoms. The van der Waals surface area contributed by atoms with Gasteiger partial charge in [0, 0.05) is 16.6 Å². The van der Waals surface area contributed by atoms with Crippen LogP contribution in [-0.2, 0) is 16.1 Å². The van der Waals surface area contributed by atoms with Crippen molar-refractivity contribution in [2.75, 3.05) is 5.32 Å². The Kier molecular flexibility index (Phi) is 5.23. The third-order valence-corrected chi connectivity index (χ3v) is 5.11. The van der Waals surface area contributed by atoms with E-state index in [2.05, 4.69) is 10.6 Å². The molecule has 3 rings (SSSR count). The van der Waals surface area contributed by atoms with Crippen LogP contribution in [0.25, 0.3) is 0 Å². The number of halogens is 3. The maximum Gasteiger partial charge on any atom is 0.240 e. The van der Waals surface area contributed by atoms with Gasteiger partial charge in [0.15, 0.2) is 0 Å². The SMILES string of the molecule is O=C(NCc1ccccc1Cl)C1(C(=O)Nc2ccc(Cl)cc2Cl)CC1. The smallest absolute Gasteiger partial charge is 0.240 e. The number of rotatable bonds is 5. The Balaban J connectivity index is 1.65. The molecule has 0 unspecified atom stereocenters. The van der Waals surface area contributed by atoms with Crippen molar-refractivity contribution in [1.29, 1.82) is 0 Å². The molecule has 0 heterocycles. The van der Waals surface area contributed by atoms with Crippen molar-refractivity contribution in [3.05, 3.63) is 63.1 Å². The fraction of sp³-hybridized carbons (Fsp3) is 0.222. The summed E-state index contributed by atoms with van der Waals surface area (Å²) < 4.78 is 0. The third-order valence-electron chi connectivity index (χ3n) is 4.20. The van der Waals surface area contributed by atoms with Gasteiger partial charge in [-0.1, -0.05) is 53.0 Å². The summed E-state index contributed by atoms with van der Waals surface area (Å²) in [5.41, 5.74) is 0.181. The average Bonchev–Trinajstić information content (AvgIpc) is 3.38. The fourth-order valence-electron chi connectivity index (χ4n) is 2.50. The number of anilines is 1. The van der Waals surface area contributed by atoms with Crippen LogP contribution in [0.1, 0.15) is 18.4 Å². The predicted molar refractivity (Wildman–Crippen MR) is 100 cm³/mol. The molecule has 1 aliphatic rings. The number of carbonyl (C=O) groups is 2. The van der Waals surface area contributed by atoms with E-state index in [1.165, 1.54) is 6.07 Å². The van der Waals surface area contributed by atoms with Crippen LogP contribution in [0.4, 0.5) is 5.69 Å². The number of benzene rings is 2. The molecular formula is C18H15Cl3N2O2. The van der Waals surface area contributed by atoms with Gasteiger partial charge in [-0.25, -0.2) is 0 Å². The maximum absolute atomic E-state index is 12.6. The zero-order valence-electron chi connectivity index (χ0n) is 13.1. The van der Waals surface area contributed by atoms with Crippen LogP contribution in [0.3, 0.4) is 0 Å². The van der Waals surface area contributed by atoms with Crippen LogP contribution in [0, 0.1) is 5.41 Å². The average molecular weight is 398 g/mol. The quantitative estimate of drug-likeness (QED) is 0.720. The van der Waals surface area contributed by atoms with Crippen molar-refractivity contribution >= 4 is 52.3 Å². The number of carbonyl (C=O) groups excluding carboxylic acids is 2. The minimum absolute atomic E-state index is 0.273. The topological polar surface area (TPSA) is 58.2 Å². The molecule has 1 aliphatic carbocycles. The fourth-order valence-corrected chi connectivity index (χ4v) is 3.16. The minimum Gasteiger partial charge on any atom is -0.351 e. The zero-order chi connectivity index (χ0) is 18.0. The second-order valence-electron chi connectivity index (χ2n) is 5.93. The predicted octanol–water partition coefficient (Wildman–Crippen LogP) is 4.68. The number of amides is 2. The van der Waals surface area contributed by atoms with Gasteiger partial charge in [-0.05, 0) is 42.7 Å². The second-order valence-corrected chi connectivity index (χ2v) is 7.19. The molecule has 1 saturated carbocycles. The largest absolute Gasteiger partial charge is 0.351 e. The first-order valence-corrected chi connectivity index (χ1v) is 8.84. The molecule has 0 radical (unpaired) electrons. The molecule has 1 fully saturated rings. The van der Waals surface area contributed by atoms with E-state index in [-0.39, 0.29) is 18.4 Å². The van der Waals surface area contributed by atoms with Crippen LogP contribution < -0.4 is 10.6 Å². The number of nitrogens with one attached hydrogen (secondary N) is 2. The van der Waals surface area contributed by atoms with E-state index in [0.717, 1.165) is 5.56 Å². The maximum atomic E-state index is 12.6. The van der Waals surface area contributed by atoms with Crippen molar-refractivity contribution in [2.24, 2.45) is 5.41 Å². The zero-order valence-corrected chi connectivity index (χ0v) is 15.4. The molecule has 0 spiro atoms. The molecule has 2 N–H and O–H groups in total. The summed E-state index contributed by atoms with van der Waals surface area (Å²) in [7, 11) is 0. The van der Waals surface area contributed by atoms with Crippen LogP contribution in [-0.4, -0.2) is 11.8 Å². The Labute approximate surface area is 160 Å². The van der Waals surface area contributed by atoms with Crippen molar-refractivity contribution in [1.82, 2.24) is 5.32 Å². The molecule has 0 aromatic heterocycles. The van der Waals surface area contributed by atoms with E-state index < -0.39 is 5.41 Å². The first-order valence-electron chi connectivity index (χ1n) is 7.70. The van der Waals surface area contributed by atoms with Crippen LogP contribution in [0.2, 0.25) is 15.1 Å². The Morgan fingerprint density at radius 2 is 1.68 bits per heavy atom. The van der Waals surface area contributed by atoms with Gasteiger partial charge in [-0.15, -0.1) is 0 Å². The van der Waals surface area contributed by atoms with Crippen molar-refractivity contribution in [2.45, 2.75) is 19.4 Å². The van der Waals surface area contributed by atoms with Crippen molar-refractivity contribution in [3.63, 3.8) is 0 Å². The summed E-state index contributed by atoms with van der Waals surface area (Å²) in [6, 6.07) is 12.0. The minimum atomic E-state index is -1.05. The summed E-state index contributed by atoms with van der Waals surface area (Å²) >= 11 is 18.0. The van der Waals surface area contributed by atoms with Gasteiger partial charge in [0.1, 0.15) is 5.41 Å². The van der Waals surface area contributed by atoms with Gasteiger partial charge in [-0.3, -0.25) is 9.59 Å². The van der Waals surface area contributed by atoms with Crippen LogP contribution >= 0.6 is 34.8 Å². The highest BCUT2D eigenvalue weighted by atomic mass is 35.5. The molecule has 7 heteroatoms. The standard InChI is InChI=1S/C18H15Cl3N2O2/c19-12-5-6-15(14(21)9-12)23-17(25)18(7-8-18)16(24)22-10-11-3-1-2-4-13(11)20/h1-6,9H,7-8,10H2,(H,22,24)(H,23,25). The number of hydrogen-bond acceptors (Lipinski definition) is 2. The second kappa shape index (κ2) is 7.24. The molecular weight excluding hydrogens is 383 g/mol. The van der Waals surface area contributed by atoms with E-state index in [1.54, 1.807) is 18.2 Å². The summed E-state index contributed by atoms with van der Waals surface area (Å²) in [5, 5.41) is 6.88. The van der Waals surface area contributed by atoms with Crippen molar-refractivity contribution < 1.29 is 9.59 Å². The highest BCUT2D eigenvalue weighted by molar-refractivity contribution is 6.37. The van der Waals surface area contributed by atoms with E-state index in [9.17, 15) is 9.59 Å². The highest BCUT2D eigenvalue weighted by Gasteiger charge is 2.56. The van der Waals surface area contributed by atoms with Gasteiger partial charge in [0.25, 0.3) is 0 Å². The van der Waals surface area contributed by atoms with E-state index in [4.69, 9.17) is 34.8 Å². The Hall–Kier alpha value is -1.75. The molecule has 4 nitrogen and oxygen atoms in total. The van der Waals surface area contributed by atoms with Gasteiger partial charge >= 0.3 is 0 Å². The lowest BCUT2D eigenvalue weighted by atomic mass is 10.0. The normalized spacial score (nSPS) is 14.7. The van der Waals surface area contributed by atoms with E-state index in [1.807, 2.05) is 18.2 Å². The molecule has 0 aliphatic heterocycles. The molecule has 2 aromatic carbocycles. The molecule has 2 aromatic rings. The van der Waals surface area contributed by atoms with E-state index in [0.29, 0.717) is 33.6 Å². The molecule has 0 saturated heterocycles. The van der Waals surface area contributed by atoms with Crippen molar-refractivity contribution in [3.8, 4) is 0 Å². The Morgan fingerprint density at radius 3 is 2.32 bits per heavy atom. The van der Waals surface area contributed by atoms with Crippen LogP contribution in [0.15, 0.2) is 42.5 Å². The third kappa shape index (κ3) is 3.92. The summed E-state index contributed by atoms with van der Waals surface area (Å²) in [6.45, 7) is 0.273. The summed E-state index contributed by atoms with van der Waals surface area (Å²) in [6.07, 6.45) is 0.997. The highest BCUT2D eigenvalue weighted by Crippen LogP contribution is 2.47. The molecule has 2 amide bonds. The van der Waals surface area contributed by atoms with Crippen LogP contribution in [0.5, 0.6) is 0 Å². The first kappa shape index (κ1) is 18.1. The lowest BCUT2D eigenvalue weighted by Gasteiger charge is -2.16. The summed E-state index contributed by atoms with van der Waals surface area (Å²) in [5.74, 6) is -0.677. The lowest BCUT2D eigenvalue weighted by molar-refractivity contribution is -0.134. The van der Waals surface area contributed by atoms with E-state index >= 15 is 0 Å². The van der Waals surface area contributed by atoms with Gasteiger partial charge in [0.2, 0.25) is 11.8 Å². The van der Waals surface area contributed by atoms with Gasteiger partial charge in [0.05, 0.1) is 10.7 Å². The molecule has 0 atom stereocenters. The first-order chi connectivity index (χ1) is 11.9. The lowest BCUT2D eigenvalue weighted by Crippen LogP contribution is -2.39. The molecule has 130 valence electrons.